The average molecular weight is 581 g/mol. The van der Waals surface area contributed by atoms with Crippen LogP contribution in [-0.2, 0) is 31.1 Å². The van der Waals surface area contributed by atoms with Gasteiger partial charge in [0.15, 0.2) is 5.96 Å². The number of hydrogen-bond donors (Lipinski definition) is 8. The molecule has 0 aromatic heterocycles. The lowest BCUT2D eigenvalue weighted by Gasteiger charge is -2.16. The van der Waals surface area contributed by atoms with Crippen molar-refractivity contribution in [2.24, 2.45) is 16.5 Å². The highest BCUT2D eigenvalue weighted by Crippen LogP contribution is 2.21. The van der Waals surface area contributed by atoms with E-state index in [0.29, 0.717) is 5.69 Å². The molecule has 0 saturated heterocycles. The van der Waals surface area contributed by atoms with Crippen LogP contribution in [0.2, 0.25) is 0 Å². The van der Waals surface area contributed by atoms with Gasteiger partial charge in [-0.05, 0) is 42.0 Å². The number of nitrogens with zero attached hydrogens (tertiary/aromatic N) is 1. The number of ether oxygens (including phenoxy) is 1. The van der Waals surface area contributed by atoms with E-state index in [9.17, 15) is 37.5 Å². The first-order valence-electron chi connectivity index (χ1n) is 10.9. The Bertz CT molecular complexity index is 1440. The average Bonchev–Trinajstić information content (AvgIpc) is 2.86. The summed E-state index contributed by atoms with van der Waals surface area (Å²) < 4.78 is 33.0. The molecule has 0 heterocycles. The minimum absolute atomic E-state index is 0.0564. The van der Waals surface area contributed by atoms with Crippen LogP contribution >= 0.6 is 0 Å². The summed E-state index contributed by atoms with van der Waals surface area (Å²) in [6.07, 6.45) is -0.966. The number of hydrogen-bond acceptors (Lipinski definition) is 9. The standard InChI is InChI=1S/C22H24N6O11S/c23-22(24)27-13-4-1-11(2-5-13)21(36)39-14-6-3-12(9-25-40(37,38)26-10-18(31)32)15(7-14)19(33)28-16(20(34)35)8-17(29)30/h1-7,16,25-26H,8-10H2,(H,28,33)(H,29,30)(H,31,32)(H,34,35)(H4,23,24,27)/t16-/m0/s1. The molecule has 0 aliphatic rings. The molecule has 17 nitrogen and oxygen atoms in total. The fourth-order valence-electron chi connectivity index (χ4n) is 2.96. The van der Waals surface area contributed by atoms with Gasteiger partial charge in [0.2, 0.25) is 0 Å². The van der Waals surface area contributed by atoms with Gasteiger partial charge in [0.1, 0.15) is 18.3 Å². The van der Waals surface area contributed by atoms with Crippen molar-refractivity contribution in [2.75, 3.05) is 6.54 Å². The molecular weight excluding hydrogens is 556 g/mol. The van der Waals surface area contributed by atoms with E-state index in [4.69, 9.17) is 26.4 Å². The Morgan fingerprint density at radius 3 is 2.12 bits per heavy atom. The summed E-state index contributed by atoms with van der Waals surface area (Å²) in [5.74, 6) is -7.02. The van der Waals surface area contributed by atoms with Crippen molar-refractivity contribution >= 4 is 51.6 Å². The zero-order chi connectivity index (χ0) is 30.0. The maximum atomic E-state index is 12.9. The van der Waals surface area contributed by atoms with Crippen molar-refractivity contribution in [1.29, 1.82) is 0 Å². The number of carbonyl (C=O) groups is 5. The maximum absolute atomic E-state index is 12.9. The topological polar surface area (TPSA) is 290 Å². The molecule has 0 bridgehead atoms. The predicted octanol–water partition coefficient (Wildman–Crippen LogP) is -1.52. The highest BCUT2D eigenvalue weighted by atomic mass is 32.2. The van der Waals surface area contributed by atoms with Crippen LogP contribution in [0.1, 0.15) is 32.7 Å². The number of aliphatic imine (C=N–C) groups is 1. The van der Waals surface area contributed by atoms with Gasteiger partial charge < -0.3 is 36.8 Å². The molecule has 18 heteroatoms. The first-order chi connectivity index (χ1) is 18.7. The molecule has 2 aromatic carbocycles. The van der Waals surface area contributed by atoms with E-state index in [1.165, 1.54) is 36.4 Å². The van der Waals surface area contributed by atoms with Crippen molar-refractivity contribution in [3.63, 3.8) is 0 Å². The van der Waals surface area contributed by atoms with E-state index >= 15 is 0 Å². The Kier molecular flexibility index (Phi) is 10.6. The molecule has 0 aliphatic carbocycles. The summed E-state index contributed by atoms with van der Waals surface area (Å²) in [5.41, 5.74) is 10.6. The molecule has 1 amide bonds. The van der Waals surface area contributed by atoms with Crippen LogP contribution in [0, 0.1) is 0 Å². The molecule has 0 fully saturated rings. The van der Waals surface area contributed by atoms with Crippen LogP contribution in [-0.4, -0.2) is 72.1 Å². The van der Waals surface area contributed by atoms with E-state index in [-0.39, 0.29) is 28.4 Å². The third-order valence-corrected chi connectivity index (χ3v) is 5.79. The number of benzene rings is 2. The molecule has 0 radical (unpaired) electrons. The number of guanidine groups is 1. The molecule has 40 heavy (non-hydrogen) atoms. The Hall–Kier alpha value is -5.07. The fourth-order valence-corrected chi connectivity index (χ4v) is 3.72. The van der Waals surface area contributed by atoms with Gasteiger partial charge in [0.25, 0.3) is 16.1 Å². The van der Waals surface area contributed by atoms with Crippen LogP contribution < -0.4 is 31.0 Å². The largest absolute Gasteiger partial charge is 0.481 e. The molecular formula is C22H24N6O11S. The molecule has 2 aromatic rings. The summed E-state index contributed by atoms with van der Waals surface area (Å²) in [6.45, 7) is -1.52. The molecule has 214 valence electrons. The number of rotatable bonds is 14. The van der Waals surface area contributed by atoms with E-state index in [0.717, 1.165) is 6.07 Å². The van der Waals surface area contributed by atoms with E-state index < -0.39 is 65.5 Å². The fraction of sp³-hybridized carbons (Fsp3) is 0.182. The summed E-state index contributed by atoms with van der Waals surface area (Å²) >= 11 is 0. The molecule has 0 spiro atoms. The second-order valence-electron chi connectivity index (χ2n) is 7.79. The lowest BCUT2D eigenvalue weighted by Crippen LogP contribution is -2.43. The quantitative estimate of drug-likeness (QED) is 0.0545. The first-order valence-corrected chi connectivity index (χ1v) is 12.4. The molecule has 0 unspecified atom stereocenters. The van der Waals surface area contributed by atoms with Crippen LogP contribution in [0.15, 0.2) is 47.5 Å². The van der Waals surface area contributed by atoms with E-state index in [1.54, 1.807) is 4.72 Å². The molecule has 1 atom stereocenters. The minimum atomic E-state index is -4.34. The molecule has 0 aliphatic heterocycles. The Morgan fingerprint density at radius 2 is 1.57 bits per heavy atom. The van der Waals surface area contributed by atoms with Gasteiger partial charge in [-0.3, -0.25) is 14.4 Å². The van der Waals surface area contributed by atoms with E-state index in [2.05, 4.69) is 4.99 Å². The van der Waals surface area contributed by atoms with Crippen molar-refractivity contribution < 1.29 is 52.4 Å². The van der Waals surface area contributed by atoms with Crippen molar-refractivity contribution in [1.82, 2.24) is 14.8 Å². The number of carboxylic acids is 3. The smallest absolute Gasteiger partial charge is 0.343 e. The maximum Gasteiger partial charge on any atom is 0.343 e. The summed E-state index contributed by atoms with van der Waals surface area (Å²) in [4.78, 5) is 62.3. The lowest BCUT2D eigenvalue weighted by molar-refractivity contribution is -0.145. The number of nitrogens with two attached hydrogens (primary N) is 2. The number of nitrogens with one attached hydrogen (secondary N) is 3. The van der Waals surface area contributed by atoms with Gasteiger partial charge in [0, 0.05) is 12.1 Å². The second kappa shape index (κ2) is 13.6. The molecule has 2 rings (SSSR count). The van der Waals surface area contributed by atoms with Crippen LogP contribution in [0.4, 0.5) is 5.69 Å². The summed E-state index contributed by atoms with van der Waals surface area (Å²) in [7, 11) is -4.34. The zero-order valence-electron chi connectivity index (χ0n) is 20.4. The van der Waals surface area contributed by atoms with Crippen molar-refractivity contribution in [3.8, 4) is 5.75 Å². The van der Waals surface area contributed by atoms with Crippen LogP contribution in [0.25, 0.3) is 0 Å². The lowest BCUT2D eigenvalue weighted by atomic mass is 10.1. The van der Waals surface area contributed by atoms with Crippen LogP contribution in [0.5, 0.6) is 5.75 Å². The van der Waals surface area contributed by atoms with Crippen molar-refractivity contribution in [3.05, 3.63) is 59.2 Å². The predicted molar refractivity (Wildman–Crippen MR) is 136 cm³/mol. The highest BCUT2D eigenvalue weighted by Gasteiger charge is 2.25. The SMILES string of the molecule is NC(N)=Nc1ccc(C(=O)Oc2ccc(CNS(=O)(=O)NCC(=O)O)c(C(=O)N[C@@H](CC(=O)O)C(=O)O)c2)cc1. The van der Waals surface area contributed by atoms with Gasteiger partial charge in [-0.15, -0.1) is 0 Å². The number of esters is 1. The number of aliphatic carboxylic acids is 3. The Balaban J connectivity index is 2.35. The summed E-state index contributed by atoms with van der Waals surface area (Å²) in [5, 5.41) is 28.8. The normalized spacial score (nSPS) is 11.6. The zero-order valence-corrected chi connectivity index (χ0v) is 21.2. The minimum Gasteiger partial charge on any atom is -0.481 e. The summed E-state index contributed by atoms with van der Waals surface area (Å²) in [6, 6.07) is 7.13. The van der Waals surface area contributed by atoms with Gasteiger partial charge >= 0.3 is 23.9 Å². The number of carbonyl (C=O) groups excluding carboxylic acids is 2. The van der Waals surface area contributed by atoms with Gasteiger partial charge in [0.05, 0.1) is 17.7 Å². The Morgan fingerprint density at radius 1 is 0.925 bits per heavy atom. The monoisotopic (exact) mass is 580 g/mol. The molecule has 0 saturated carbocycles. The third kappa shape index (κ3) is 10.0. The number of carboxylic acid groups (broad SMARTS) is 3. The van der Waals surface area contributed by atoms with Gasteiger partial charge in [-0.1, -0.05) is 6.07 Å². The van der Waals surface area contributed by atoms with Gasteiger partial charge in [-0.2, -0.15) is 17.9 Å². The third-order valence-electron chi connectivity index (χ3n) is 4.75. The number of amides is 1. The van der Waals surface area contributed by atoms with E-state index in [1.807, 2.05) is 10.0 Å². The highest BCUT2D eigenvalue weighted by molar-refractivity contribution is 7.87. The molecule has 10 N–H and O–H groups in total. The second-order valence-corrected chi connectivity index (χ2v) is 9.38. The van der Waals surface area contributed by atoms with Crippen LogP contribution in [0.3, 0.4) is 0 Å². The first kappa shape index (κ1) is 31.1. The van der Waals surface area contributed by atoms with Gasteiger partial charge in [-0.25, -0.2) is 14.6 Å². The Labute approximate surface area is 226 Å². The van der Waals surface area contributed by atoms with Crippen molar-refractivity contribution in [2.45, 2.75) is 19.0 Å².